The molecular weight excluding hydrogens is 322 g/mol. The lowest BCUT2D eigenvalue weighted by Crippen LogP contribution is -2.32. The third-order valence-electron chi connectivity index (χ3n) is 2.93. The van der Waals surface area contributed by atoms with E-state index >= 15 is 0 Å². The third kappa shape index (κ3) is 4.57. The van der Waals surface area contributed by atoms with E-state index in [1.54, 1.807) is 0 Å². The summed E-state index contributed by atoms with van der Waals surface area (Å²) in [5, 5.41) is 11.4. The summed E-state index contributed by atoms with van der Waals surface area (Å²) >= 11 is 5.72. The predicted octanol–water partition coefficient (Wildman–Crippen LogP) is 2.05. The summed E-state index contributed by atoms with van der Waals surface area (Å²) in [6, 6.07) is 3.88. The lowest BCUT2D eigenvalue weighted by molar-refractivity contribution is 0.0697. The predicted molar refractivity (Wildman–Crippen MR) is 76.0 cm³/mol. The molecule has 7 nitrogen and oxygen atoms in total. The van der Waals surface area contributed by atoms with Gasteiger partial charge in [-0.25, -0.2) is 4.79 Å². The lowest BCUT2D eigenvalue weighted by Gasteiger charge is -2.18. The molecule has 0 saturated heterocycles. The number of aromatic carboxylic acids is 1. The van der Waals surface area contributed by atoms with E-state index in [2.05, 4.69) is 5.32 Å². The van der Waals surface area contributed by atoms with E-state index in [9.17, 15) is 13.2 Å². The molecule has 1 aliphatic rings. The molecule has 2 rings (SSSR count). The van der Waals surface area contributed by atoms with Gasteiger partial charge in [0.2, 0.25) is 0 Å². The van der Waals surface area contributed by atoms with Crippen molar-refractivity contribution in [2.45, 2.75) is 18.4 Å². The second kappa shape index (κ2) is 6.18. The van der Waals surface area contributed by atoms with Crippen LogP contribution in [0, 0.1) is 5.92 Å². The van der Waals surface area contributed by atoms with E-state index in [0.29, 0.717) is 5.92 Å². The van der Waals surface area contributed by atoms with Crippen molar-refractivity contribution in [1.82, 2.24) is 0 Å². The van der Waals surface area contributed by atoms with Crippen molar-refractivity contribution in [3.05, 3.63) is 28.8 Å². The Morgan fingerprint density at radius 2 is 2.14 bits per heavy atom. The van der Waals surface area contributed by atoms with Crippen LogP contribution in [-0.2, 0) is 14.9 Å². The number of carboxylic acid groups (broad SMARTS) is 1. The standard InChI is InChI=1S/C12H14ClNO6S/c13-10-4-3-8(5-9(10)11(15)16)14-12(21(17,18)19)20-6-7-1-2-7/h3-5,7,12,14H,1-2,6H2,(H,15,16)(H,17,18,19). The number of rotatable bonds is 7. The summed E-state index contributed by atoms with van der Waals surface area (Å²) in [4.78, 5) is 11.0. The highest BCUT2D eigenvalue weighted by Gasteiger charge is 2.29. The molecule has 1 aromatic carbocycles. The highest BCUT2D eigenvalue weighted by Crippen LogP contribution is 2.30. The maximum absolute atomic E-state index is 11.3. The van der Waals surface area contributed by atoms with Crippen LogP contribution < -0.4 is 5.32 Å². The molecule has 0 amide bonds. The molecule has 1 unspecified atom stereocenters. The fourth-order valence-corrected chi connectivity index (χ4v) is 2.36. The van der Waals surface area contributed by atoms with Gasteiger partial charge in [0.15, 0.2) is 0 Å². The van der Waals surface area contributed by atoms with Gasteiger partial charge in [0.25, 0.3) is 5.56 Å². The van der Waals surface area contributed by atoms with Gasteiger partial charge in [-0.15, -0.1) is 0 Å². The minimum absolute atomic E-state index is 0.0235. The zero-order valence-electron chi connectivity index (χ0n) is 10.8. The molecule has 1 aromatic rings. The monoisotopic (exact) mass is 335 g/mol. The minimum Gasteiger partial charge on any atom is -0.478 e. The summed E-state index contributed by atoms with van der Waals surface area (Å²) in [6.45, 7) is 0.205. The number of hydrogen-bond donors (Lipinski definition) is 3. The average molecular weight is 336 g/mol. The fraction of sp³-hybridized carbons (Fsp3) is 0.417. The normalized spacial score (nSPS) is 16.5. The Bertz CT molecular complexity index is 643. The summed E-state index contributed by atoms with van der Waals surface area (Å²) in [7, 11) is -4.49. The van der Waals surface area contributed by atoms with E-state index in [1.165, 1.54) is 18.2 Å². The van der Waals surface area contributed by atoms with Gasteiger partial charge in [0.05, 0.1) is 17.2 Å². The van der Waals surface area contributed by atoms with Gasteiger partial charge >= 0.3 is 16.1 Å². The summed E-state index contributed by atoms with van der Waals surface area (Å²) < 4.78 is 36.8. The van der Waals surface area contributed by atoms with E-state index in [1.807, 2.05) is 0 Å². The Kier molecular flexibility index (Phi) is 4.72. The Balaban J connectivity index is 2.15. The average Bonchev–Trinajstić information content (AvgIpc) is 3.18. The van der Waals surface area contributed by atoms with Crippen LogP contribution in [0.1, 0.15) is 23.2 Å². The highest BCUT2D eigenvalue weighted by molar-refractivity contribution is 7.86. The second-order valence-electron chi connectivity index (χ2n) is 4.77. The van der Waals surface area contributed by atoms with Crippen LogP contribution in [0.4, 0.5) is 5.69 Å². The van der Waals surface area contributed by atoms with Crippen molar-refractivity contribution < 1.29 is 27.6 Å². The van der Waals surface area contributed by atoms with Crippen molar-refractivity contribution in [2.75, 3.05) is 11.9 Å². The maximum atomic E-state index is 11.3. The molecule has 0 heterocycles. The van der Waals surface area contributed by atoms with Crippen LogP contribution in [-0.4, -0.2) is 36.2 Å². The fourth-order valence-electron chi connectivity index (χ4n) is 1.63. The number of halogens is 1. The van der Waals surface area contributed by atoms with Crippen molar-refractivity contribution in [3.8, 4) is 0 Å². The van der Waals surface area contributed by atoms with Gasteiger partial charge in [-0.3, -0.25) is 4.55 Å². The SMILES string of the molecule is O=C(O)c1cc(NC(OCC2CC2)S(=O)(=O)O)ccc1Cl. The molecule has 0 bridgehead atoms. The number of hydrogen-bond acceptors (Lipinski definition) is 5. The molecule has 0 radical (unpaired) electrons. The number of anilines is 1. The van der Waals surface area contributed by atoms with Gasteiger partial charge in [0.1, 0.15) is 0 Å². The zero-order chi connectivity index (χ0) is 15.6. The first-order chi connectivity index (χ1) is 9.77. The van der Waals surface area contributed by atoms with Crippen molar-refractivity contribution in [1.29, 1.82) is 0 Å². The molecule has 1 atom stereocenters. The molecule has 0 aliphatic heterocycles. The van der Waals surface area contributed by atoms with Crippen LogP contribution in [0.3, 0.4) is 0 Å². The van der Waals surface area contributed by atoms with E-state index in [-0.39, 0.29) is 22.9 Å². The summed E-state index contributed by atoms with van der Waals surface area (Å²) in [5.74, 6) is -0.943. The highest BCUT2D eigenvalue weighted by atomic mass is 35.5. The van der Waals surface area contributed by atoms with Gasteiger partial charge < -0.3 is 15.2 Å². The first kappa shape index (κ1) is 16.0. The number of nitrogens with one attached hydrogen (secondary N) is 1. The Labute approximate surface area is 126 Å². The molecule has 1 saturated carbocycles. The van der Waals surface area contributed by atoms with Gasteiger partial charge in [-0.2, -0.15) is 8.42 Å². The quantitative estimate of drug-likeness (QED) is 0.516. The Hall–Kier alpha value is -1.35. The first-order valence-corrected chi connectivity index (χ1v) is 8.03. The first-order valence-electron chi connectivity index (χ1n) is 6.14. The molecule has 3 N–H and O–H groups in total. The van der Waals surface area contributed by atoms with Crippen molar-refractivity contribution in [2.24, 2.45) is 5.92 Å². The van der Waals surface area contributed by atoms with Crippen LogP contribution in [0.25, 0.3) is 0 Å². The summed E-state index contributed by atoms with van der Waals surface area (Å²) in [5.41, 5.74) is -1.67. The van der Waals surface area contributed by atoms with Crippen molar-refractivity contribution in [3.63, 3.8) is 0 Å². The Morgan fingerprint density at radius 1 is 1.48 bits per heavy atom. The van der Waals surface area contributed by atoms with E-state index in [4.69, 9.17) is 26.0 Å². The Morgan fingerprint density at radius 3 is 2.67 bits per heavy atom. The molecule has 9 heteroatoms. The molecular formula is C12H14ClNO6S. The van der Waals surface area contributed by atoms with Crippen LogP contribution in [0.2, 0.25) is 5.02 Å². The number of carboxylic acids is 1. The van der Waals surface area contributed by atoms with Gasteiger partial charge in [-0.1, -0.05) is 11.6 Å². The second-order valence-corrected chi connectivity index (χ2v) is 6.63. The molecule has 1 fully saturated rings. The molecule has 1 aliphatic carbocycles. The third-order valence-corrected chi connectivity index (χ3v) is 4.06. The number of benzene rings is 1. The molecule has 21 heavy (non-hydrogen) atoms. The van der Waals surface area contributed by atoms with Crippen LogP contribution in [0.15, 0.2) is 18.2 Å². The molecule has 0 aromatic heterocycles. The number of ether oxygens (including phenoxy) is 1. The zero-order valence-corrected chi connectivity index (χ0v) is 12.4. The largest absolute Gasteiger partial charge is 0.478 e. The van der Waals surface area contributed by atoms with E-state index < -0.39 is 21.6 Å². The van der Waals surface area contributed by atoms with Crippen molar-refractivity contribution >= 4 is 33.4 Å². The number of carbonyl (C=O) groups is 1. The smallest absolute Gasteiger partial charge is 0.337 e. The van der Waals surface area contributed by atoms with Gasteiger partial charge in [0, 0.05) is 5.69 Å². The van der Waals surface area contributed by atoms with Gasteiger partial charge in [-0.05, 0) is 37.0 Å². The molecule has 0 spiro atoms. The van der Waals surface area contributed by atoms with Crippen LogP contribution in [0.5, 0.6) is 0 Å². The van der Waals surface area contributed by atoms with E-state index in [0.717, 1.165) is 12.8 Å². The lowest BCUT2D eigenvalue weighted by atomic mass is 10.2. The summed E-state index contributed by atoms with van der Waals surface area (Å²) in [6.07, 6.45) is 1.92. The topological polar surface area (TPSA) is 113 Å². The molecule has 116 valence electrons. The maximum Gasteiger partial charge on any atom is 0.337 e. The minimum atomic E-state index is -4.49. The van der Waals surface area contributed by atoms with Crippen LogP contribution >= 0.6 is 11.6 Å².